The number of nitrogens with zero attached hydrogens (tertiary/aromatic N) is 1. The topological polar surface area (TPSA) is 57.6 Å². The maximum absolute atomic E-state index is 13.6. The van der Waals surface area contributed by atoms with Crippen LogP contribution in [0.1, 0.15) is 31.1 Å². The third kappa shape index (κ3) is 2.89. The molecule has 0 fully saturated rings. The minimum absolute atomic E-state index is 0.0922. The van der Waals surface area contributed by atoms with Crippen LogP contribution in [0.5, 0.6) is 0 Å². The van der Waals surface area contributed by atoms with Gasteiger partial charge in [0.1, 0.15) is 17.2 Å². The zero-order valence-electron chi connectivity index (χ0n) is 10.9. The highest BCUT2D eigenvalue weighted by Crippen LogP contribution is 2.20. The Morgan fingerprint density at radius 2 is 1.89 bits per heavy atom. The van der Waals surface area contributed by atoms with Gasteiger partial charge >= 0.3 is 5.97 Å². The van der Waals surface area contributed by atoms with Gasteiger partial charge in [0.15, 0.2) is 0 Å². The number of carbonyl (C=O) groups excluding carboxylic acids is 1. The number of likely N-dealkylation sites (N-methyl/N-ethyl adjacent to an activating group) is 1. The normalized spacial score (nSPS) is 11.2. The van der Waals surface area contributed by atoms with E-state index in [0.717, 1.165) is 17.0 Å². The summed E-state index contributed by atoms with van der Waals surface area (Å²) in [6.45, 7) is 4.37. The quantitative estimate of drug-likeness (QED) is 0.914. The maximum Gasteiger partial charge on any atom is 0.329 e. The second-order valence-electron chi connectivity index (χ2n) is 4.54. The van der Waals surface area contributed by atoms with Crippen LogP contribution in [0, 0.1) is 11.6 Å². The molecule has 0 heterocycles. The van der Waals surface area contributed by atoms with E-state index in [4.69, 9.17) is 5.11 Å². The molecule has 0 spiro atoms. The molecule has 0 saturated heterocycles. The van der Waals surface area contributed by atoms with E-state index in [1.165, 1.54) is 13.8 Å². The first-order valence-corrected chi connectivity index (χ1v) is 5.72. The lowest BCUT2D eigenvalue weighted by molar-refractivity contribution is -0.147. The minimum Gasteiger partial charge on any atom is -0.480 e. The van der Waals surface area contributed by atoms with Gasteiger partial charge in [-0.25, -0.2) is 13.6 Å². The van der Waals surface area contributed by atoms with Crippen molar-refractivity contribution >= 4 is 11.9 Å². The van der Waals surface area contributed by atoms with Gasteiger partial charge in [-0.15, -0.1) is 0 Å². The number of aliphatic carboxylic acids is 1. The Morgan fingerprint density at radius 3 is 2.32 bits per heavy atom. The third-order valence-electron chi connectivity index (χ3n) is 2.92. The van der Waals surface area contributed by atoms with Gasteiger partial charge in [-0.05, 0) is 32.9 Å². The van der Waals surface area contributed by atoms with Crippen LogP contribution in [0.2, 0.25) is 0 Å². The lowest BCUT2D eigenvalue weighted by Crippen LogP contribution is -2.53. The molecule has 19 heavy (non-hydrogen) atoms. The predicted octanol–water partition coefficient (Wildman–Crippen LogP) is 2.29. The summed E-state index contributed by atoms with van der Waals surface area (Å²) in [4.78, 5) is 24.3. The van der Waals surface area contributed by atoms with Gasteiger partial charge in [0.2, 0.25) is 0 Å². The summed E-state index contributed by atoms with van der Waals surface area (Å²) in [7, 11) is 0. The lowest BCUT2D eigenvalue weighted by atomic mass is 10.0. The second-order valence-corrected chi connectivity index (χ2v) is 4.54. The first-order chi connectivity index (χ1) is 8.71. The molecule has 0 atom stereocenters. The smallest absolute Gasteiger partial charge is 0.329 e. The molecule has 1 rings (SSSR count). The molecule has 0 saturated carbocycles. The van der Waals surface area contributed by atoms with E-state index >= 15 is 0 Å². The molecular weight excluding hydrogens is 256 g/mol. The Morgan fingerprint density at radius 1 is 1.32 bits per heavy atom. The number of carbonyl (C=O) groups is 2. The zero-order chi connectivity index (χ0) is 14.8. The summed E-state index contributed by atoms with van der Waals surface area (Å²) in [5, 5.41) is 9.10. The first kappa shape index (κ1) is 15.1. The van der Waals surface area contributed by atoms with Crippen LogP contribution < -0.4 is 0 Å². The monoisotopic (exact) mass is 271 g/mol. The van der Waals surface area contributed by atoms with Gasteiger partial charge < -0.3 is 10.0 Å². The molecule has 1 aromatic carbocycles. The van der Waals surface area contributed by atoms with Crippen molar-refractivity contribution in [3.8, 4) is 0 Å². The molecule has 0 aliphatic rings. The number of halogens is 2. The highest BCUT2D eigenvalue weighted by Gasteiger charge is 2.37. The van der Waals surface area contributed by atoms with Crippen molar-refractivity contribution in [1.82, 2.24) is 4.90 Å². The molecule has 4 nitrogen and oxygen atoms in total. The molecular formula is C13H15F2NO3. The number of amides is 1. The summed E-state index contributed by atoms with van der Waals surface area (Å²) in [5.41, 5.74) is -1.83. The van der Waals surface area contributed by atoms with E-state index in [2.05, 4.69) is 0 Å². The number of rotatable bonds is 4. The standard InChI is InChI=1S/C13H15F2NO3/c1-4-16(13(2,3)12(18)19)11(17)9-6-5-8(14)7-10(9)15/h5-7H,4H2,1-3H3,(H,18,19). The molecule has 0 aliphatic heterocycles. The molecule has 1 amide bonds. The van der Waals surface area contributed by atoms with Gasteiger partial charge in [-0.3, -0.25) is 4.79 Å². The SMILES string of the molecule is CCN(C(=O)c1ccc(F)cc1F)C(C)(C)C(=O)O. The molecule has 0 unspecified atom stereocenters. The van der Waals surface area contributed by atoms with Gasteiger partial charge in [0.05, 0.1) is 5.56 Å². The van der Waals surface area contributed by atoms with Crippen molar-refractivity contribution < 1.29 is 23.5 Å². The van der Waals surface area contributed by atoms with Crippen molar-refractivity contribution in [3.05, 3.63) is 35.4 Å². The summed E-state index contributed by atoms with van der Waals surface area (Å²) >= 11 is 0. The number of carboxylic acids is 1. The molecule has 6 heteroatoms. The summed E-state index contributed by atoms with van der Waals surface area (Å²) in [6.07, 6.45) is 0. The van der Waals surface area contributed by atoms with Gasteiger partial charge in [0, 0.05) is 12.6 Å². The van der Waals surface area contributed by atoms with Crippen LogP contribution >= 0.6 is 0 Å². The van der Waals surface area contributed by atoms with Crippen LogP contribution in [-0.4, -0.2) is 34.0 Å². The minimum atomic E-state index is -1.48. The van der Waals surface area contributed by atoms with Crippen molar-refractivity contribution in [3.63, 3.8) is 0 Å². The van der Waals surface area contributed by atoms with Crippen molar-refractivity contribution in [2.24, 2.45) is 0 Å². The van der Waals surface area contributed by atoms with E-state index < -0.39 is 29.0 Å². The van der Waals surface area contributed by atoms with Gasteiger partial charge in [-0.2, -0.15) is 0 Å². The van der Waals surface area contributed by atoms with Crippen LogP contribution in [0.15, 0.2) is 18.2 Å². The molecule has 0 radical (unpaired) electrons. The van der Waals surface area contributed by atoms with Crippen LogP contribution in [-0.2, 0) is 4.79 Å². The third-order valence-corrected chi connectivity index (χ3v) is 2.92. The van der Waals surface area contributed by atoms with Crippen molar-refractivity contribution in [1.29, 1.82) is 0 Å². The van der Waals surface area contributed by atoms with E-state index in [-0.39, 0.29) is 12.1 Å². The molecule has 0 bridgehead atoms. The molecule has 104 valence electrons. The molecule has 1 aromatic rings. The largest absolute Gasteiger partial charge is 0.480 e. The van der Waals surface area contributed by atoms with E-state index in [1.807, 2.05) is 0 Å². The average Bonchev–Trinajstić information content (AvgIpc) is 2.28. The number of hydrogen-bond donors (Lipinski definition) is 1. The fourth-order valence-corrected chi connectivity index (χ4v) is 1.72. The Bertz CT molecular complexity index is 515. The molecule has 0 aromatic heterocycles. The van der Waals surface area contributed by atoms with E-state index in [1.54, 1.807) is 6.92 Å². The predicted molar refractivity (Wildman–Crippen MR) is 64.8 cm³/mol. The lowest BCUT2D eigenvalue weighted by Gasteiger charge is -2.34. The highest BCUT2D eigenvalue weighted by atomic mass is 19.1. The van der Waals surface area contributed by atoms with E-state index in [0.29, 0.717) is 6.07 Å². The summed E-state index contributed by atoms with van der Waals surface area (Å²) < 4.78 is 26.3. The highest BCUT2D eigenvalue weighted by molar-refractivity contribution is 5.97. The summed E-state index contributed by atoms with van der Waals surface area (Å²) in [6, 6.07) is 2.56. The first-order valence-electron chi connectivity index (χ1n) is 5.72. The second kappa shape index (κ2) is 5.34. The van der Waals surface area contributed by atoms with Crippen LogP contribution in [0.3, 0.4) is 0 Å². The van der Waals surface area contributed by atoms with Crippen LogP contribution in [0.25, 0.3) is 0 Å². The van der Waals surface area contributed by atoms with Gasteiger partial charge in [-0.1, -0.05) is 0 Å². The average molecular weight is 271 g/mol. The fraction of sp³-hybridized carbons (Fsp3) is 0.385. The Kier molecular flexibility index (Phi) is 4.24. The number of benzene rings is 1. The number of hydrogen-bond acceptors (Lipinski definition) is 2. The van der Waals surface area contributed by atoms with E-state index in [9.17, 15) is 18.4 Å². The Balaban J connectivity index is 3.19. The maximum atomic E-state index is 13.6. The zero-order valence-corrected chi connectivity index (χ0v) is 10.9. The van der Waals surface area contributed by atoms with Gasteiger partial charge in [0.25, 0.3) is 5.91 Å². The van der Waals surface area contributed by atoms with Crippen molar-refractivity contribution in [2.75, 3.05) is 6.54 Å². The van der Waals surface area contributed by atoms with Crippen molar-refractivity contribution in [2.45, 2.75) is 26.3 Å². The summed E-state index contributed by atoms with van der Waals surface area (Å²) in [5.74, 6) is -3.79. The molecule has 1 N–H and O–H groups in total. The fourth-order valence-electron chi connectivity index (χ4n) is 1.72. The Hall–Kier alpha value is -1.98. The number of carboxylic acid groups (broad SMARTS) is 1. The van der Waals surface area contributed by atoms with Crippen LogP contribution in [0.4, 0.5) is 8.78 Å². The molecule has 0 aliphatic carbocycles. The Labute approximate surface area is 109 Å².